The Labute approximate surface area is 195 Å². The molecule has 8 nitrogen and oxygen atoms in total. The van der Waals surface area contributed by atoms with Crippen molar-refractivity contribution in [1.29, 1.82) is 0 Å². The summed E-state index contributed by atoms with van der Waals surface area (Å²) in [6.07, 6.45) is 9.00. The number of fused-ring (bicyclic) bond motifs is 1. The summed E-state index contributed by atoms with van der Waals surface area (Å²) in [6.45, 7) is 2.23. The van der Waals surface area contributed by atoms with Gasteiger partial charge in [-0.25, -0.2) is 14.8 Å². The normalized spacial score (nSPS) is 13.7. The third-order valence-electron chi connectivity index (χ3n) is 5.84. The van der Waals surface area contributed by atoms with Crippen molar-refractivity contribution >= 4 is 28.5 Å². The second kappa shape index (κ2) is 10.1. The number of carbonyl (C=O) groups is 1. The summed E-state index contributed by atoms with van der Waals surface area (Å²) >= 11 is 5.95. The monoisotopic (exact) mass is 467 g/mol. The van der Waals surface area contributed by atoms with Crippen molar-refractivity contribution in [2.45, 2.75) is 52.1 Å². The average molecular weight is 468 g/mol. The van der Waals surface area contributed by atoms with Gasteiger partial charge >= 0.3 is 5.69 Å². The Morgan fingerprint density at radius 2 is 1.94 bits per heavy atom. The molecule has 9 heteroatoms. The number of hydrogen-bond donors (Lipinski definition) is 1. The first-order chi connectivity index (χ1) is 16.0. The van der Waals surface area contributed by atoms with Crippen molar-refractivity contribution in [2.24, 2.45) is 0 Å². The van der Waals surface area contributed by atoms with Crippen LogP contribution in [0.3, 0.4) is 0 Å². The topological polar surface area (TPSA) is 98.9 Å². The summed E-state index contributed by atoms with van der Waals surface area (Å²) in [6, 6.07) is 6.98. The van der Waals surface area contributed by atoms with Crippen molar-refractivity contribution in [3.63, 3.8) is 0 Å². The Kier molecular flexibility index (Phi) is 7.03. The zero-order valence-electron chi connectivity index (χ0n) is 18.5. The Morgan fingerprint density at radius 3 is 2.64 bits per heavy atom. The lowest BCUT2D eigenvalue weighted by Crippen LogP contribution is -2.44. The van der Waals surface area contributed by atoms with E-state index in [-0.39, 0.29) is 23.5 Å². The molecule has 0 fully saturated rings. The van der Waals surface area contributed by atoms with Crippen molar-refractivity contribution in [2.75, 3.05) is 6.54 Å². The fraction of sp³-hybridized carbons (Fsp3) is 0.375. The molecule has 172 valence electrons. The van der Waals surface area contributed by atoms with Crippen LogP contribution in [0.2, 0.25) is 5.02 Å². The minimum Gasteiger partial charge on any atom is -0.354 e. The van der Waals surface area contributed by atoms with E-state index in [4.69, 9.17) is 11.6 Å². The first kappa shape index (κ1) is 22.9. The van der Waals surface area contributed by atoms with Crippen LogP contribution >= 0.6 is 11.6 Å². The van der Waals surface area contributed by atoms with E-state index < -0.39 is 11.2 Å². The van der Waals surface area contributed by atoms with Gasteiger partial charge in [-0.05, 0) is 63.3 Å². The number of hydrogen-bond acceptors (Lipinski definition) is 5. The van der Waals surface area contributed by atoms with Gasteiger partial charge in [0.1, 0.15) is 11.9 Å². The molecule has 0 saturated heterocycles. The average Bonchev–Trinajstić information content (AvgIpc) is 2.83. The van der Waals surface area contributed by atoms with Crippen LogP contribution in [0.4, 0.5) is 0 Å². The van der Waals surface area contributed by atoms with Gasteiger partial charge in [0.15, 0.2) is 11.5 Å². The lowest BCUT2D eigenvalue weighted by atomic mass is 9.97. The molecule has 1 aliphatic carbocycles. The van der Waals surface area contributed by atoms with Crippen LogP contribution in [0.15, 0.2) is 51.7 Å². The van der Waals surface area contributed by atoms with Gasteiger partial charge in [-0.3, -0.25) is 18.7 Å². The summed E-state index contributed by atoms with van der Waals surface area (Å²) in [5, 5.41) is 3.60. The van der Waals surface area contributed by atoms with Crippen LogP contribution in [-0.2, 0) is 17.9 Å². The number of halogens is 1. The minimum atomic E-state index is -0.576. The molecule has 2 heterocycles. The molecule has 0 saturated carbocycles. The molecule has 0 bridgehead atoms. The van der Waals surface area contributed by atoms with Gasteiger partial charge in [-0.1, -0.05) is 23.3 Å². The van der Waals surface area contributed by atoms with Crippen LogP contribution in [-0.4, -0.2) is 31.6 Å². The van der Waals surface area contributed by atoms with E-state index in [0.717, 1.165) is 23.8 Å². The Morgan fingerprint density at radius 1 is 1.15 bits per heavy atom. The second-order valence-electron chi connectivity index (χ2n) is 8.06. The molecular weight excluding hydrogens is 442 g/mol. The number of nitrogens with one attached hydrogen (secondary N) is 1. The van der Waals surface area contributed by atoms with Gasteiger partial charge < -0.3 is 5.32 Å². The Bertz CT molecular complexity index is 1320. The fourth-order valence-electron chi connectivity index (χ4n) is 4.05. The molecule has 3 aromatic rings. The molecule has 0 unspecified atom stereocenters. The Balaban J connectivity index is 1.59. The third-order valence-corrected chi connectivity index (χ3v) is 6.09. The predicted octanol–water partition coefficient (Wildman–Crippen LogP) is 3.30. The predicted molar refractivity (Wildman–Crippen MR) is 128 cm³/mol. The highest BCUT2D eigenvalue weighted by atomic mass is 35.5. The third kappa shape index (κ3) is 5.06. The molecule has 4 rings (SSSR count). The number of allylic oxidation sites excluding steroid dienone is 1. The molecule has 1 aromatic carbocycles. The maximum Gasteiger partial charge on any atom is 0.333 e. The van der Waals surface area contributed by atoms with E-state index >= 15 is 0 Å². The van der Waals surface area contributed by atoms with E-state index in [0.29, 0.717) is 29.5 Å². The van der Waals surface area contributed by atoms with Crippen LogP contribution in [0.1, 0.15) is 39.0 Å². The van der Waals surface area contributed by atoms with E-state index in [2.05, 4.69) is 21.4 Å². The number of aromatic nitrogens is 4. The Hall–Kier alpha value is -3.26. The number of benzene rings is 1. The van der Waals surface area contributed by atoms with Crippen LogP contribution in [0.5, 0.6) is 0 Å². The SMILES string of the molecule is CCn1c(=O)n(CC(=O)NCCC2=CCCCC2)c(=O)c2cnc(-c3ccc(Cl)cc3)nc21. The van der Waals surface area contributed by atoms with E-state index in [1.54, 1.807) is 31.2 Å². The van der Waals surface area contributed by atoms with E-state index in [1.165, 1.54) is 29.2 Å². The number of aryl methyl sites for hydroxylation is 1. The smallest absolute Gasteiger partial charge is 0.333 e. The van der Waals surface area contributed by atoms with Gasteiger partial charge in [0.25, 0.3) is 5.56 Å². The lowest BCUT2D eigenvalue weighted by molar-refractivity contribution is -0.121. The van der Waals surface area contributed by atoms with Crippen molar-refractivity contribution in [3.05, 3.63) is 68.0 Å². The second-order valence-corrected chi connectivity index (χ2v) is 8.50. The molecule has 1 amide bonds. The molecule has 0 aliphatic heterocycles. The zero-order chi connectivity index (χ0) is 23.4. The van der Waals surface area contributed by atoms with Crippen molar-refractivity contribution in [1.82, 2.24) is 24.4 Å². The summed E-state index contributed by atoms with van der Waals surface area (Å²) < 4.78 is 2.34. The molecule has 33 heavy (non-hydrogen) atoms. The molecule has 1 N–H and O–H groups in total. The zero-order valence-corrected chi connectivity index (χ0v) is 19.3. The number of rotatable bonds is 7. The summed E-state index contributed by atoms with van der Waals surface area (Å²) in [7, 11) is 0. The summed E-state index contributed by atoms with van der Waals surface area (Å²) in [5.41, 5.74) is 1.17. The van der Waals surface area contributed by atoms with Crippen LogP contribution < -0.4 is 16.6 Å². The molecular formula is C24H26ClN5O3. The molecule has 0 radical (unpaired) electrons. The first-order valence-corrected chi connectivity index (χ1v) is 11.6. The summed E-state index contributed by atoms with van der Waals surface area (Å²) in [4.78, 5) is 47.3. The van der Waals surface area contributed by atoms with Crippen molar-refractivity contribution < 1.29 is 4.79 Å². The maximum absolute atomic E-state index is 13.0. The molecule has 2 aromatic heterocycles. The molecule has 0 spiro atoms. The van der Waals surface area contributed by atoms with Gasteiger partial charge in [-0.15, -0.1) is 0 Å². The van der Waals surface area contributed by atoms with Gasteiger partial charge in [0, 0.05) is 29.9 Å². The highest BCUT2D eigenvalue weighted by Gasteiger charge is 2.17. The van der Waals surface area contributed by atoms with E-state index in [1.807, 2.05) is 0 Å². The largest absolute Gasteiger partial charge is 0.354 e. The van der Waals surface area contributed by atoms with Gasteiger partial charge in [-0.2, -0.15) is 0 Å². The highest BCUT2D eigenvalue weighted by Crippen LogP contribution is 2.20. The quantitative estimate of drug-likeness (QED) is 0.537. The fourth-order valence-corrected chi connectivity index (χ4v) is 4.18. The maximum atomic E-state index is 13.0. The number of amides is 1. The summed E-state index contributed by atoms with van der Waals surface area (Å²) in [5.74, 6) is 0.0130. The number of nitrogens with zero attached hydrogens (tertiary/aromatic N) is 4. The van der Waals surface area contributed by atoms with Crippen molar-refractivity contribution in [3.8, 4) is 11.4 Å². The van der Waals surface area contributed by atoms with Gasteiger partial charge in [0.2, 0.25) is 5.91 Å². The first-order valence-electron chi connectivity index (χ1n) is 11.2. The lowest BCUT2D eigenvalue weighted by Gasteiger charge is -2.14. The minimum absolute atomic E-state index is 0.189. The highest BCUT2D eigenvalue weighted by molar-refractivity contribution is 6.30. The molecule has 0 atom stereocenters. The van der Waals surface area contributed by atoms with Crippen LogP contribution in [0, 0.1) is 0 Å². The van der Waals surface area contributed by atoms with Crippen LogP contribution in [0.25, 0.3) is 22.4 Å². The molecule has 1 aliphatic rings. The standard InChI is InChI=1S/C24H26ClN5O3/c1-2-29-22-19(14-27-21(28-22)17-8-10-18(25)11-9-17)23(32)30(24(29)33)15-20(31)26-13-12-16-6-4-3-5-7-16/h6,8-11,14H,2-5,7,12-13,15H2,1H3,(H,26,31). The van der Waals surface area contributed by atoms with Gasteiger partial charge in [0.05, 0.1) is 0 Å². The number of carbonyl (C=O) groups excluding carboxylic acids is 1. The van der Waals surface area contributed by atoms with E-state index in [9.17, 15) is 14.4 Å².